The van der Waals surface area contributed by atoms with E-state index >= 15 is 0 Å². The number of carbonyl (C=O) groups is 1. The third kappa shape index (κ3) is 4.43. The molecule has 0 unspecified atom stereocenters. The van der Waals surface area contributed by atoms with Gasteiger partial charge in [0.05, 0.1) is 18.8 Å². The van der Waals surface area contributed by atoms with Gasteiger partial charge in [-0.3, -0.25) is 9.69 Å². The number of piperidine rings is 1. The quantitative estimate of drug-likeness (QED) is 0.807. The van der Waals surface area contributed by atoms with Crippen molar-refractivity contribution in [1.82, 2.24) is 15.1 Å². The number of hydrogen-bond donors (Lipinski definition) is 1. The van der Waals surface area contributed by atoms with Crippen molar-refractivity contribution < 1.29 is 9.53 Å². The van der Waals surface area contributed by atoms with Crippen LogP contribution in [-0.4, -0.2) is 74.2 Å². The van der Waals surface area contributed by atoms with Crippen LogP contribution in [-0.2, 0) is 9.53 Å². The minimum absolute atomic E-state index is 0.0316. The normalized spacial score (nSPS) is 24.5. The average molecular weight is 283 g/mol. The lowest BCUT2D eigenvalue weighted by atomic mass is 9.86. The lowest BCUT2D eigenvalue weighted by molar-refractivity contribution is -0.124. The second-order valence-electron chi connectivity index (χ2n) is 6.27. The molecule has 2 aliphatic heterocycles. The van der Waals surface area contributed by atoms with E-state index in [0.717, 1.165) is 65.2 Å². The van der Waals surface area contributed by atoms with Crippen LogP contribution in [0.2, 0.25) is 0 Å². The molecular formula is C15H29N3O2. The molecule has 0 saturated carbocycles. The van der Waals surface area contributed by atoms with Crippen molar-refractivity contribution in [3.05, 3.63) is 0 Å². The zero-order valence-electron chi connectivity index (χ0n) is 13.0. The maximum atomic E-state index is 12.1. The van der Waals surface area contributed by atoms with Gasteiger partial charge < -0.3 is 15.0 Å². The molecular weight excluding hydrogens is 254 g/mol. The summed E-state index contributed by atoms with van der Waals surface area (Å²) in [5.41, 5.74) is -0.0316. The predicted molar refractivity (Wildman–Crippen MR) is 79.8 cm³/mol. The topological polar surface area (TPSA) is 44.8 Å². The Morgan fingerprint density at radius 2 is 1.85 bits per heavy atom. The number of likely N-dealkylation sites (tertiary alicyclic amines) is 1. The van der Waals surface area contributed by atoms with Gasteiger partial charge in [-0.15, -0.1) is 0 Å². The molecule has 2 heterocycles. The fraction of sp³-hybridized carbons (Fsp3) is 0.933. The van der Waals surface area contributed by atoms with E-state index in [-0.39, 0.29) is 11.4 Å². The maximum absolute atomic E-state index is 12.1. The van der Waals surface area contributed by atoms with Gasteiger partial charge in [-0.05, 0) is 26.3 Å². The summed E-state index contributed by atoms with van der Waals surface area (Å²) in [6.07, 6.45) is 3.66. The van der Waals surface area contributed by atoms with E-state index in [9.17, 15) is 4.79 Å². The number of nitrogens with zero attached hydrogens (tertiary/aromatic N) is 2. The van der Waals surface area contributed by atoms with E-state index in [1.807, 2.05) is 0 Å². The zero-order valence-corrected chi connectivity index (χ0v) is 13.0. The smallest absolute Gasteiger partial charge is 0.220 e. The molecule has 5 heteroatoms. The number of amides is 1. The molecule has 0 aromatic heterocycles. The molecule has 2 saturated heterocycles. The Balaban J connectivity index is 1.97. The first-order valence-electron chi connectivity index (χ1n) is 7.93. The molecule has 0 aromatic rings. The van der Waals surface area contributed by atoms with Crippen LogP contribution >= 0.6 is 0 Å². The lowest BCUT2D eigenvalue weighted by Gasteiger charge is -2.44. The molecule has 0 spiro atoms. The van der Waals surface area contributed by atoms with Crippen molar-refractivity contribution in [3.63, 3.8) is 0 Å². The predicted octanol–water partition coefficient (Wildman–Crippen LogP) is 0.699. The Kier molecular flexibility index (Phi) is 5.81. The van der Waals surface area contributed by atoms with Crippen molar-refractivity contribution in [2.24, 2.45) is 0 Å². The molecule has 1 amide bonds. The van der Waals surface area contributed by atoms with Gasteiger partial charge in [0.2, 0.25) is 5.91 Å². The summed E-state index contributed by atoms with van der Waals surface area (Å²) < 4.78 is 5.42. The van der Waals surface area contributed by atoms with Crippen molar-refractivity contribution in [3.8, 4) is 0 Å². The van der Waals surface area contributed by atoms with Crippen LogP contribution in [0.3, 0.4) is 0 Å². The first-order valence-corrected chi connectivity index (χ1v) is 7.93. The van der Waals surface area contributed by atoms with Gasteiger partial charge in [0.1, 0.15) is 0 Å². The van der Waals surface area contributed by atoms with Crippen molar-refractivity contribution in [2.45, 2.75) is 38.1 Å². The van der Waals surface area contributed by atoms with Crippen LogP contribution in [0.25, 0.3) is 0 Å². The summed E-state index contributed by atoms with van der Waals surface area (Å²) in [4.78, 5) is 16.9. The van der Waals surface area contributed by atoms with Gasteiger partial charge in [-0.25, -0.2) is 0 Å². The van der Waals surface area contributed by atoms with Gasteiger partial charge in [-0.1, -0.05) is 6.92 Å². The van der Waals surface area contributed by atoms with E-state index in [0.29, 0.717) is 6.42 Å². The van der Waals surface area contributed by atoms with Crippen molar-refractivity contribution >= 4 is 5.91 Å². The monoisotopic (exact) mass is 283 g/mol. The van der Waals surface area contributed by atoms with Crippen LogP contribution < -0.4 is 5.32 Å². The van der Waals surface area contributed by atoms with Gasteiger partial charge in [-0.2, -0.15) is 0 Å². The molecule has 2 rings (SSSR count). The number of rotatable bonds is 5. The first-order chi connectivity index (χ1) is 9.63. The second kappa shape index (κ2) is 7.38. The Morgan fingerprint density at radius 3 is 2.45 bits per heavy atom. The molecule has 0 bridgehead atoms. The summed E-state index contributed by atoms with van der Waals surface area (Å²) in [5.74, 6) is 0.213. The minimum atomic E-state index is -0.0316. The molecule has 116 valence electrons. The fourth-order valence-corrected chi connectivity index (χ4v) is 3.14. The molecule has 0 atom stereocenters. The van der Waals surface area contributed by atoms with Crippen LogP contribution in [0.4, 0.5) is 0 Å². The number of nitrogens with one attached hydrogen (secondary N) is 1. The fourth-order valence-electron chi connectivity index (χ4n) is 3.14. The van der Waals surface area contributed by atoms with Gasteiger partial charge >= 0.3 is 0 Å². The molecule has 1 N–H and O–H groups in total. The number of carbonyl (C=O) groups excluding carboxylic acids is 1. The molecule has 2 aliphatic rings. The Bertz CT molecular complexity index is 308. The molecule has 5 nitrogen and oxygen atoms in total. The summed E-state index contributed by atoms with van der Waals surface area (Å²) in [6.45, 7) is 8.77. The standard InChI is InChI=1S/C15H29N3O2/c1-3-4-14(19)16-15(5-7-17(2)8-6-15)13-18-9-11-20-12-10-18/h3-13H2,1-2H3,(H,16,19). The molecule has 0 radical (unpaired) electrons. The van der Waals surface area contributed by atoms with Crippen molar-refractivity contribution in [2.75, 3.05) is 53.0 Å². The zero-order chi connectivity index (χ0) is 14.4. The van der Waals surface area contributed by atoms with Crippen LogP contribution in [0.5, 0.6) is 0 Å². The highest BCUT2D eigenvalue weighted by Gasteiger charge is 2.36. The van der Waals surface area contributed by atoms with E-state index in [1.165, 1.54) is 0 Å². The SMILES string of the molecule is CCCC(=O)NC1(CN2CCOCC2)CCN(C)CC1. The van der Waals surface area contributed by atoms with Gasteiger partial charge in [0.25, 0.3) is 0 Å². The average Bonchev–Trinajstić information content (AvgIpc) is 2.44. The molecule has 20 heavy (non-hydrogen) atoms. The van der Waals surface area contributed by atoms with E-state index < -0.39 is 0 Å². The third-order valence-corrected chi connectivity index (χ3v) is 4.46. The molecule has 0 aliphatic carbocycles. The highest BCUT2D eigenvalue weighted by molar-refractivity contribution is 5.76. The molecule has 0 aromatic carbocycles. The first kappa shape index (κ1) is 15.7. The van der Waals surface area contributed by atoms with Crippen LogP contribution in [0, 0.1) is 0 Å². The molecule has 2 fully saturated rings. The van der Waals surface area contributed by atoms with E-state index in [2.05, 4.69) is 29.1 Å². The Labute approximate surface area is 122 Å². The maximum Gasteiger partial charge on any atom is 0.220 e. The largest absolute Gasteiger partial charge is 0.379 e. The van der Waals surface area contributed by atoms with E-state index in [1.54, 1.807) is 0 Å². The van der Waals surface area contributed by atoms with Crippen LogP contribution in [0.1, 0.15) is 32.6 Å². The number of hydrogen-bond acceptors (Lipinski definition) is 4. The van der Waals surface area contributed by atoms with Gasteiger partial charge in [0, 0.05) is 39.1 Å². The third-order valence-electron chi connectivity index (χ3n) is 4.46. The number of ether oxygens (including phenoxy) is 1. The number of morpholine rings is 1. The summed E-state index contributed by atoms with van der Waals surface area (Å²) in [5, 5.41) is 3.35. The van der Waals surface area contributed by atoms with E-state index in [4.69, 9.17) is 4.74 Å². The minimum Gasteiger partial charge on any atom is -0.379 e. The summed E-state index contributed by atoms with van der Waals surface area (Å²) in [6, 6.07) is 0. The van der Waals surface area contributed by atoms with Crippen LogP contribution in [0.15, 0.2) is 0 Å². The second-order valence-corrected chi connectivity index (χ2v) is 6.27. The lowest BCUT2D eigenvalue weighted by Crippen LogP contribution is -2.61. The summed E-state index contributed by atoms with van der Waals surface area (Å²) >= 11 is 0. The highest BCUT2D eigenvalue weighted by Crippen LogP contribution is 2.24. The summed E-state index contributed by atoms with van der Waals surface area (Å²) in [7, 11) is 2.16. The van der Waals surface area contributed by atoms with Gasteiger partial charge in [0.15, 0.2) is 0 Å². The Morgan fingerprint density at radius 1 is 1.20 bits per heavy atom. The highest BCUT2D eigenvalue weighted by atomic mass is 16.5. The van der Waals surface area contributed by atoms with Crippen molar-refractivity contribution in [1.29, 1.82) is 0 Å². The Hall–Kier alpha value is -0.650.